The van der Waals surface area contributed by atoms with Gasteiger partial charge in [0, 0.05) is 44.0 Å². The molecule has 0 bridgehead atoms. The molecule has 27 heavy (non-hydrogen) atoms. The largest absolute Gasteiger partial charge is 0.495 e. The Bertz CT molecular complexity index is 835. The minimum absolute atomic E-state index is 0.130. The number of carbonyl (C=O) groups is 1. The number of rotatable bonds is 5. The molecular weight excluding hydrogens is 411 g/mol. The van der Waals surface area contributed by atoms with Gasteiger partial charge in [-0.1, -0.05) is 6.07 Å². The van der Waals surface area contributed by atoms with Crippen molar-refractivity contribution in [3.8, 4) is 5.75 Å². The number of methoxy groups -OCH3 is 1. The van der Waals surface area contributed by atoms with E-state index in [0.717, 1.165) is 47.7 Å². The van der Waals surface area contributed by atoms with Crippen molar-refractivity contribution < 1.29 is 13.9 Å². The molecule has 0 radical (unpaired) electrons. The first-order valence-corrected chi connectivity index (χ1v) is 9.83. The molecule has 3 rings (SSSR count). The third-order valence-electron chi connectivity index (χ3n) is 5.21. The maximum Gasteiger partial charge on any atom is 0.162 e. The number of hydrogen-bond donors (Lipinski definition) is 0. The van der Waals surface area contributed by atoms with Crippen LogP contribution in [0.25, 0.3) is 0 Å². The number of anilines is 1. The summed E-state index contributed by atoms with van der Waals surface area (Å²) in [6.45, 7) is 7.10. The predicted molar refractivity (Wildman–Crippen MR) is 109 cm³/mol. The Balaban J connectivity index is 1.68. The van der Waals surface area contributed by atoms with Crippen LogP contribution in [0, 0.1) is 5.82 Å². The van der Waals surface area contributed by atoms with E-state index in [0.29, 0.717) is 0 Å². The van der Waals surface area contributed by atoms with Gasteiger partial charge in [0.2, 0.25) is 0 Å². The van der Waals surface area contributed by atoms with Gasteiger partial charge in [0.15, 0.2) is 5.78 Å². The lowest BCUT2D eigenvalue weighted by molar-refractivity contribution is 0.101. The van der Waals surface area contributed by atoms with Crippen molar-refractivity contribution in [2.24, 2.45) is 0 Å². The second-order valence-electron chi connectivity index (χ2n) is 6.81. The molecule has 1 aliphatic rings. The number of carbonyl (C=O) groups excluding carboxylic acids is 1. The summed E-state index contributed by atoms with van der Waals surface area (Å²) >= 11 is 3.49. The lowest BCUT2D eigenvalue weighted by Gasteiger charge is -2.39. The third-order valence-corrected chi connectivity index (χ3v) is 5.87. The maximum atomic E-state index is 13.8. The fourth-order valence-electron chi connectivity index (χ4n) is 3.50. The lowest BCUT2D eigenvalue weighted by atomic mass is 10.0. The van der Waals surface area contributed by atoms with Gasteiger partial charge in [0.05, 0.1) is 17.1 Å². The molecule has 0 saturated carbocycles. The molecular formula is C21H24BrFN2O2. The molecule has 144 valence electrons. The zero-order valence-corrected chi connectivity index (χ0v) is 17.4. The van der Waals surface area contributed by atoms with Gasteiger partial charge in [-0.05, 0) is 59.6 Å². The van der Waals surface area contributed by atoms with E-state index in [-0.39, 0.29) is 17.4 Å². The average Bonchev–Trinajstić information content (AvgIpc) is 2.68. The van der Waals surface area contributed by atoms with Gasteiger partial charge in [-0.25, -0.2) is 4.39 Å². The van der Waals surface area contributed by atoms with Crippen LogP contribution in [0.5, 0.6) is 5.75 Å². The molecule has 0 amide bonds. The quantitative estimate of drug-likeness (QED) is 0.639. The van der Waals surface area contributed by atoms with Gasteiger partial charge < -0.3 is 9.64 Å². The minimum atomic E-state index is -0.451. The molecule has 6 heteroatoms. The molecule has 2 aromatic rings. The zero-order chi connectivity index (χ0) is 19.6. The molecule has 4 nitrogen and oxygen atoms in total. The van der Waals surface area contributed by atoms with Crippen molar-refractivity contribution >= 4 is 27.4 Å². The van der Waals surface area contributed by atoms with Gasteiger partial charge in [0.25, 0.3) is 0 Å². The molecule has 1 unspecified atom stereocenters. The molecule has 1 fully saturated rings. The number of nitrogens with zero attached hydrogens (tertiary/aromatic N) is 2. The van der Waals surface area contributed by atoms with Crippen LogP contribution in [0.4, 0.5) is 10.1 Å². The molecule has 2 aromatic carbocycles. The summed E-state index contributed by atoms with van der Waals surface area (Å²) in [6.07, 6.45) is 0. The molecule has 1 heterocycles. The van der Waals surface area contributed by atoms with Crippen LogP contribution in [0.1, 0.15) is 35.8 Å². The Labute approximate surface area is 168 Å². The van der Waals surface area contributed by atoms with Crippen molar-refractivity contribution in [1.82, 2.24) is 4.90 Å². The van der Waals surface area contributed by atoms with E-state index < -0.39 is 5.82 Å². The fraction of sp³-hybridized carbons (Fsp3) is 0.381. The molecule has 1 aliphatic heterocycles. The van der Waals surface area contributed by atoms with Crippen LogP contribution in [0.15, 0.2) is 40.9 Å². The van der Waals surface area contributed by atoms with Crippen molar-refractivity contribution in [3.63, 3.8) is 0 Å². The van der Waals surface area contributed by atoms with E-state index >= 15 is 0 Å². The summed E-state index contributed by atoms with van der Waals surface area (Å²) < 4.78 is 20.1. The topological polar surface area (TPSA) is 32.8 Å². The number of halogens is 2. The van der Waals surface area contributed by atoms with Crippen molar-refractivity contribution in [2.45, 2.75) is 19.9 Å². The summed E-state index contributed by atoms with van der Waals surface area (Å²) in [6, 6.07) is 11.1. The predicted octanol–water partition coefficient (Wildman–Crippen LogP) is 4.68. The monoisotopic (exact) mass is 434 g/mol. The highest BCUT2D eigenvalue weighted by Crippen LogP contribution is 2.31. The minimum Gasteiger partial charge on any atom is -0.495 e. The molecule has 0 aliphatic carbocycles. The van der Waals surface area contributed by atoms with Gasteiger partial charge in [-0.3, -0.25) is 9.69 Å². The number of hydrogen-bond acceptors (Lipinski definition) is 4. The molecule has 1 atom stereocenters. The van der Waals surface area contributed by atoms with Gasteiger partial charge in [-0.15, -0.1) is 0 Å². The molecule has 0 spiro atoms. The smallest absolute Gasteiger partial charge is 0.162 e. The standard InChI is InChI=1S/C21H24BrFN2O2/c1-14(16-4-7-20(23)18(12-16)15(2)26)24-8-10-25(11-9-24)17-5-6-19(22)21(13-17)27-3/h4-7,12-14H,8-11H2,1-3H3. The molecule has 0 aromatic heterocycles. The van der Waals surface area contributed by atoms with Crippen molar-refractivity contribution in [1.29, 1.82) is 0 Å². The second-order valence-corrected chi connectivity index (χ2v) is 7.67. The third kappa shape index (κ3) is 4.33. The van der Waals surface area contributed by atoms with Gasteiger partial charge in [0.1, 0.15) is 11.6 Å². The fourth-order valence-corrected chi connectivity index (χ4v) is 3.90. The van der Waals surface area contributed by atoms with Crippen LogP contribution in [-0.2, 0) is 0 Å². The summed E-state index contributed by atoms with van der Waals surface area (Å²) in [4.78, 5) is 16.3. The zero-order valence-electron chi connectivity index (χ0n) is 15.8. The van der Waals surface area contributed by atoms with E-state index in [2.05, 4.69) is 38.7 Å². The summed E-state index contributed by atoms with van der Waals surface area (Å²) in [5.74, 6) is 0.134. The van der Waals surface area contributed by atoms with Crippen molar-refractivity contribution in [2.75, 3.05) is 38.2 Å². The Morgan fingerprint density at radius 1 is 1.15 bits per heavy atom. The average molecular weight is 435 g/mol. The highest BCUT2D eigenvalue weighted by Gasteiger charge is 2.23. The number of Topliss-reactive ketones (excluding diaryl/α,β-unsaturated/α-hetero) is 1. The Kier molecular flexibility index (Phi) is 6.17. The number of ketones is 1. The Hall–Kier alpha value is -1.92. The SMILES string of the molecule is COc1cc(N2CCN(C(C)c3ccc(F)c(C(C)=O)c3)CC2)ccc1Br. The first-order valence-electron chi connectivity index (χ1n) is 9.03. The first-order chi connectivity index (χ1) is 12.9. The maximum absolute atomic E-state index is 13.8. The highest BCUT2D eigenvalue weighted by molar-refractivity contribution is 9.10. The Morgan fingerprint density at radius 3 is 2.48 bits per heavy atom. The number of benzene rings is 2. The summed E-state index contributed by atoms with van der Waals surface area (Å²) in [5, 5.41) is 0. The van der Waals surface area contributed by atoms with Crippen molar-refractivity contribution in [3.05, 3.63) is 57.8 Å². The van der Waals surface area contributed by atoms with Crippen LogP contribution < -0.4 is 9.64 Å². The van der Waals surface area contributed by atoms with E-state index in [4.69, 9.17) is 4.74 Å². The lowest BCUT2D eigenvalue weighted by Crippen LogP contribution is -2.47. The van der Waals surface area contributed by atoms with Crippen LogP contribution in [0.3, 0.4) is 0 Å². The highest BCUT2D eigenvalue weighted by atomic mass is 79.9. The first kappa shape index (κ1) is 19.8. The summed E-state index contributed by atoms with van der Waals surface area (Å²) in [5.41, 5.74) is 2.28. The van der Waals surface area contributed by atoms with E-state index in [9.17, 15) is 9.18 Å². The van der Waals surface area contributed by atoms with Crippen LogP contribution in [-0.4, -0.2) is 44.0 Å². The van der Waals surface area contributed by atoms with E-state index in [1.165, 1.54) is 13.0 Å². The van der Waals surface area contributed by atoms with Gasteiger partial charge >= 0.3 is 0 Å². The van der Waals surface area contributed by atoms with Crippen LogP contribution >= 0.6 is 15.9 Å². The normalized spacial score (nSPS) is 16.3. The number of piperazine rings is 1. The summed E-state index contributed by atoms with van der Waals surface area (Å²) in [7, 11) is 1.67. The van der Waals surface area contributed by atoms with E-state index in [1.807, 2.05) is 12.1 Å². The van der Waals surface area contributed by atoms with Crippen LogP contribution in [0.2, 0.25) is 0 Å². The van der Waals surface area contributed by atoms with E-state index in [1.54, 1.807) is 19.2 Å². The Morgan fingerprint density at radius 2 is 1.85 bits per heavy atom. The van der Waals surface area contributed by atoms with Gasteiger partial charge in [-0.2, -0.15) is 0 Å². The molecule has 0 N–H and O–H groups in total. The molecule has 1 saturated heterocycles. The second kappa shape index (κ2) is 8.40. The number of ether oxygens (including phenoxy) is 1.